The summed E-state index contributed by atoms with van der Waals surface area (Å²) in [5, 5.41) is 2.67. The Morgan fingerprint density at radius 2 is 1.38 bits per heavy atom. The quantitative estimate of drug-likeness (QED) is 0.465. The molecule has 2 heterocycles. The topological polar surface area (TPSA) is 27.1 Å². The van der Waals surface area contributed by atoms with Gasteiger partial charge in [0.25, 0.3) is 0 Å². The molecule has 0 fully saturated rings. The van der Waals surface area contributed by atoms with Crippen LogP contribution in [0.25, 0.3) is 21.8 Å². The van der Waals surface area contributed by atoms with Crippen LogP contribution in [0.2, 0.25) is 0 Å². The summed E-state index contributed by atoms with van der Waals surface area (Å²) in [5.41, 5.74) is 2.63. The van der Waals surface area contributed by atoms with Crippen molar-refractivity contribution in [3.8, 4) is 5.75 Å². The van der Waals surface area contributed by atoms with Gasteiger partial charge in [0, 0.05) is 40.7 Å². The molecule has 0 N–H and O–H groups in total. The van der Waals surface area contributed by atoms with Crippen LogP contribution in [0.5, 0.6) is 5.75 Å². The van der Waals surface area contributed by atoms with Gasteiger partial charge in [0.1, 0.15) is 5.75 Å². The third kappa shape index (κ3) is 2.85. The van der Waals surface area contributed by atoms with E-state index in [-0.39, 0.29) is 0 Å². The second-order valence-electron chi connectivity index (χ2n) is 5.92. The van der Waals surface area contributed by atoms with E-state index < -0.39 is 0 Å². The normalized spacial score (nSPS) is 11.2. The van der Waals surface area contributed by atoms with Crippen LogP contribution in [0.4, 0.5) is 0 Å². The number of unbranched alkanes of at least 4 members (excludes halogenated alkanes) is 1. The van der Waals surface area contributed by atoms with Gasteiger partial charge < -0.3 is 9.30 Å². The van der Waals surface area contributed by atoms with Gasteiger partial charge in [0.2, 0.25) is 0 Å². The molecular weight excluding hydrogens is 296 g/mol. The van der Waals surface area contributed by atoms with E-state index in [2.05, 4.69) is 58.1 Å². The molecule has 0 spiro atoms. The Bertz CT molecular complexity index is 891. The molecule has 0 saturated carbocycles. The van der Waals surface area contributed by atoms with Crippen LogP contribution in [-0.2, 0) is 6.54 Å². The average molecular weight is 316 g/mol. The summed E-state index contributed by atoms with van der Waals surface area (Å²) >= 11 is 0. The molecule has 0 radical (unpaired) electrons. The fourth-order valence-corrected chi connectivity index (χ4v) is 3.24. The van der Waals surface area contributed by atoms with Gasteiger partial charge in [-0.3, -0.25) is 4.98 Å². The van der Waals surface area contributed by atoms with Crippen LogP contribution in [0, 0.1) is 0 Å². The minimum Gasteiger partial charge on any atom is -0.493 e. The number of pyridine rings is 1. The van der Waals surface area contributed by atoms with E-state index in [1.807, 2.05) is 12.1 Å². The molecule has 0 atom stereocenters. The molecule has 4 rings (SSSR count). The van der Waals surface area contributed by atoms with E-state index in [0.29, 0.717) is 0 Å². The van der Waals surface area contributed by atoms with Crippen LogP contribution in [0.1, 0.15) is 12.8 Å². The molecule has 0 aliphatic rings. The van der Waals surface area contributed by atoms with E-state index in [1.54, 1.807) is 12.4 Å². The number of hydrogen-bond donors (Lipinski definition) is 0. The SMILES string of the molecule is c1ccc2c(c1)c1ccccc1n2CCCCOc1ccncc1. The summed E-state index contributed by atoms with van der Waals surface area (Å²) in [4.78, 5) is 4.00. The van der Waals surface area contributed by atoms with Crippen molar-refractivity contribution in [1.82, 2.24) is 9.55 Å². The lowest BCUT2D eigenvalue weighted by molar-refractivity contribution is 0.303. The van der Waals surface area contributed by atoms with Crippen LogP contribution in [0.3, 0.4) is 0 Å². The molecule has 0 aliphatic carbocycles. The van der Waals surface area contributed by atoms with Crippen molar-refractivity contribution < 1.29 is 4.74 Å². The summed E-state index contributed by atoms with van der Waals surface area (Å²) in [6.45, 7) is 1.74. The summed E-state index contributed by atoms with van der Waals surface area (Å²) in [6.07, 6.45) is 5.64. The van der Waals surface area contributed by atoms with Crippen molar-refractivity contribution in [1.29, 1.82) is 0 Å². The first-order valence-electron chi connectivity index (χ1n) is 8.42. The van der Waals surface area contributed by atoms with E-state index in [0.717, 1.165) is 31.7 Å². The van der Waals surface area contributed by atoms with Crippen molar-refractivity contribution in [3.63, 3.8) is 0 Å². The van der Waals surface area contributed by atoms with Crippen molar-refractivity contribution in [2.45, 2.75) is 19.4 Å². The van der Waals surface area contributed by atoms with E-state index in [4.69, 9.17) is 4.74 Å². The van der Waals surface area contributed by atoms with E-state index in [1.165, 1.54) is 21.8 Å². The Hall–Kier alpha value is -2.81. The maximum Gasteiger partial charge on any atom is 0.122 e. The number of rotatable bonds is 6. The Kier molecular flexibility index (Phi) is 4.15. The first-order valence-corrected chi connectivity index (χ1v) is 8.42. The minimum atomic E-state index is 0.737. The highest BCUT2D eigenvalue weighted by atomic mass is 16.5. The zero-order valence-corrected chi connectivity index (χ0v) is 13.6. The lowest BCUT2D eigenvalue weighted by atomic mass is 10.2. The Morgan fingerprint density at radius 3 is 2.04 bits per heavy atom. The molecule has 0 amide bonds. The van der Waals surface area contributed by atoms with Gasteiger partial charge in [-0.15, -0.1) is 0 Å². The monoisotopic (exact) mass is 316 g/mol. The Balaban J connectivity index is 1.46. The summed E-state index contributed by atoms with van der Waals surface area (Å²) in [6, 6.07) is 21.1. The maximum atomic E-state index is 5.75. The number of benzene rings is 2. The standard InChI is InChI=1S/C21H20N2O/c1-3-9-20-18(7-1)19-8-2-4-10-21(19)23(20)15-5-6-16-24-17-11-13-22-14-12-17/h1-4,7-14H,5-6,15-16H2. The van der Waals surface area contributed by atoms with Gasteiger partial charge in [-0.2, -0.15) is 0 Å². The van der Waals surface area contributed by atoms with Gasteiger partial charge in [0.05, 0.1) is 6.61 Å². The number of aryl methyl sites for hydroxylation is 1. The lowest BCUT2D eigenvalue weighted by Crippen LogP contribution is -2.02. The minimum absolute atomic E-state index is 0.737. The molecule has 3 heteroatoms. The average Bonchev–Trinajstić information content (AvgIpc) is 2.97. The molecule has 3 nitrogen and oxygen atoms in total. The molecular formula is C21H20N2O. The molecule has 0 aliphatic heterocycles. The highest BCUT2D eigenvalue weighted by molar-refractivity contribution is 6.07. The number of fused-ring (bicyclic) bond motifs is 3. The van der Waals surface area contributed by atoms with Gasteiger partial charge >= 0.3 is 0 Å². The molecule has 2 aromatic carbocycles. The van der Waals surface area contributed by atoms with Crippen molar-refractivity contribution in [3.05, 3.63) is 73.1 Å². The fourth-order valence-electron chi connectivity index (χ4n) is 3.24. The Morgan fingerprint density at radius 1 is 0.750 bits per heavy atom. The zero-order chi connectivity index (χ0) is 16.2. The highest BCUT2D eigenvalue weighted by Gasteiger charge is 2.08. The predicted molar refractivity (Wildman–Crippen MR) is 98.4 cm³/mol. The number of hydrogen-bond acceptors (Lipinski definition) is 2. The summed E-state index contributed by atoms with van der Waals surface area (Å²) in [7, 11) is 0. The second kappa shape index (κ2) is 6.75. The van der Waals surface area contributed by atoms with Crippen molar-refractivity contribution in [2.75, 3.05) is 6.61 Å². The Labute approximate surface area is 141 Å². The number of nitrogens with zero attached hydrogens (tertiary/aromatic N) is 2. The van der Waals surface area contributed by atoms with Crippen molar-refractivity contribution >= 4 is 21.8 Å². The van der Waals surface area contributed by atoms with E-state index in [9.17, 15) is 0 Å². The van der Waals surface area contributed by atoms with Gasteiger partial charge in [-0.1, -0.05) is 36.4 Å². The second-order valence-corrected chi connectivity index (χ2v) is 5.92. The molecule has 24 heavy (non-hydrogen) atoms. The van der Waals surface area contributed by atoms with Gasteiger partial charge in [0.15, 0.2) is 0 Å². The first kappa shape index (κ1) is 14.8. The third-order valence-corrected chi connectivity index (χ3v) is 4.37. The number of aromatic nitrogens is 2. The molecule has 0 unspecified atom stereocenters. The molecule has 120 valence electrons. The van der Waals surface area contributed by atoms with Crippen LogP contribution >= 0.6 is 0 Å². The summed E-state index contributed by atoms with van der Waals surface area (Å²) < 4.78 is 8.18. The lowest BCUT2D eigenvalue weighted by Gasteiger charge is -2.08. The first-order chi connectivity index (χ1) is 11.9. The van der Waals surface area contributed by atoms with Gasteiger partial charge in [-0.05, 0) is 37.1 Å². The molecule has 0 bridgehead atoms. The van der Waals surface area contributed by atoms with Crippen LogP contribution in [-0.4, -0.2) is 16.2 Å². The van der Waals surface area contributed by atoms with Crippen LogP contribution in [0.15, 0.2) is 73.1 Å². The zero-order valence-electron chi connectivity index (χ0n) is 13.6. The maximum absolute atomic E-state index is 5.75. The smallest absolute Gasteiger partial charge is 0.122 e. The van der Waals surface area contributed by atoms with Crippen LogP contribution < -0.4 is 4.74 Å². The largest absolute Gasteiger partial charge is 0.493 e. The highest BCUT2D eigenvalue weighted by Crippen LogP contribution is 2.28. The number of para-hydroxylation sites is 2. The summed E-state index contributed by atoms with van der Waals surface area (Å²) in [5.74, 6) is 0.891. The molecule has 2 aromatic heterocycles. The van der Waals surface area contributed by atoms with E-state index >= 15 is 0 Å². The third-order valence-electron chi connectivity index (χ3n) is 4.37. The number of ether oxygens (including phenoxy) is 1. The molecule has 4 aromatic rings. The predicted octanol–water partition coefficient (Wildman–Crippen LogP) is 5.05. The molecule has 0 saturated heterocycles. The van der Waals surface area contributed by atoms with Crippen molar-refractivity contribution in [2.24, 2.45) is 0 Å². The fraction of sp³-hybridized carbons (Fsp3) is 0.190. The van der Waals surface area contributed by atoms with Gasteiger partial charge in [-0.25, -0.2) is 0 Å².